The molecular formula is C16H26Cl3FN2. The van der Waals surface area contributed by atoms with Crippen molar-refractivity contribution in [3.63, 3.8) is 0 Å². The molecule has 0 bridgehead atoms. The molecule has 1 fully saturated rings. The highest BCUT2D eigenvalue weighted by molar-refractivity contribution is 6.30. The average Bonchev–Trinajstić information content (AvgIpc) is 2.44. The summed E-state index contributed by atoms with van der Waals surface area (Å²) >= 11 is 5.95. The maximum atomic E-state index is 14.4. The summed E-state index contributed by atoms with van der Waals surface area (Å²) in [6.45, 7) is 8.30. The highest BCUT2D eigenvalue weighted by Gasteiger charge is 2.25. The van der Waals surface area contributed by atoms with Crippen LogP contribution in [0.5, 0.6) is 0 Å². The Morgan fingerprint density at radius 3 is 2.41 bits per heavy atom. The van der Waals surface area contributed by atoms with Crippen LogP contribution in [0.3, 0.4) is 0 Å². The molecular weight excluding hydrogens is 346 g/mol. The van der Waals surface area contributed by atoms with Gasteiger partial charge >= 0.3 is 0 Å². The molecule has 1 aliphatic rings. The highest BCUT2D eigenvalue weighted by atomic mass is 35.5. The molecule has 0 amide bonds. The standard InChI is InChI=1S/C16H24ClFN2.2ClH/c1-12(2)6-7-15(20-10-8-19-9-11-20)13-4-3-5-14(17)16(13)18;;/h3-5,12,15,19H,6-11H2,1-2H3;2*1H/t15-;;/m1../s1. The first-order chi connectivity index (χ1) is 9.59. The minimum Gasteiger partial charge on any atom is -0.314 e. The van der Waals surface area contributed by atoms with Gasteiger partial charge in [-0.05, 0) is 24.8 Å². The van der Waals surface area contributed by atoms with Crippen molar-refractivity contribution in [3.8, 4) is 0 Å². The number of hydrogen-bond acceptors (Lipinski definition) is 2. The summed E-state index contributed by atoms with van der Waals surface area (Å²) in [6.07, 6.45) is 2.08. The number of halogens is 4. The van der Waals surface area contributed by atoms with Gasteiger partial charge in [0.15, 0.2) is 0 Å². The lowest BCUT2D eigenvalue weighted by molar-refractivity contribution is 0.156. The van der Waals surface area contributed by atoms with Gasteiger partial charge in [0.25, 0.3) is 0 Å². The third-order valence-electron chi connectivity index (χ3n) is 3.95. The zero-order chi connectivity index (χ0) is 14.5. The highest BCUT2D eigenvalue weighted by Crippen LogP contribution is 2.32. The summed E-state index contributed by atoms with van der Waals surface area (Å²) in [6, 6.07) is 5.50. The van der Waals surface area contributed by atoms with Crippen molar-refractivity contribution in [1.82, 2.24) is 10.2 Å². The number of rotatable bonds is 5. The van der Waals surface area contributed by atoms with Gasteiger partial charge < -0.3 is 5.32 Å². The van der Waals surface area contributed by atoms with Crippen LogP contribution in [-0.4, -0.2) is 31.1 Å². The zero-order valence-electron chi connectivity index (χ0n) is 13.1. The fraction of sp³-hybridized carbons (Fsp3) is 0.625. The van der Waals surface area contributed by atoms with Crippen molar-refractivity contribution in [2.24, 2.45) is 5.92 Å². The van der Waals surface area contributed by atoms with E-state index >= 15 is 0 Å². The predicted molar refractivity (Wildman–Crippen MR) is 97.2 cm³/mol. The van der Waals surface area contributed by atoms with Crippen molar-refractivity contribution < 1.29 is 4.39 Å². The SMILES string of the molecule is CC(C)CC[C@H](c1cccc(Cl)c1F)N1CCNCC1.Cl.Cl. The lowest BCUT2D eigenvalue weighted by Crippen LogP contribution is -2.45. The Balaban J connectivity index is 0.00000220. The summed E-state index contributed by atoms with van der Waals surface area (Å²) in [5.41, 5.74) is 0.750. The maximum Gasteiger partial charge on any atom is 0.146 e. The van der Waals surface area contributed by atoms with Gasteiger partial charge in [-0.3, -0.25) is 4.90 Å². The van der Waals surface area contributed by atoms with Crippen LogP contribution in [0.15, 0.2) is 18.2 Å². The van der Waals surface area contributed by atoms with Gasteiger partial charge in [-0.1, -0.05) is 37.6 Å². The molecule has 0 radical (unpaired) electrons. The lowest BCUT2D eigenvalue weighted by Gasteiger charge is -2.36. The van der Waals surface area contributed by atoms with Gasteiger partial charge in [-0.2, -0.15) is 0 Å². The molecule has 1 aliphatic heterocycles. The average molecular weight is 372 g/mol. The Bertz CT molecular complexity index is 437. The molecule has 1 N–H and O–H groups in total. The van der Waals surface area contributed by atoms with Gasteiger partial charge in [0.2, 0.25) is 0 Å². The van der Waals surface area contributed by atoms with Crippen LogP contribution in [0.4, 0.5) is 4.39 Å². The molecule has 0 aromatic heterocycles. The van der Waals surface area contributed by atoms with E-state index < -0.39 is 0 Å². The molecule has 0 saturated carbocycles. The van der Waals surface area contributed by atoms with Crippen LogP contribution in [0, 0.1) is 11.7 Å². The molecule has 1 aromatic rings. The predicted octanol–water partition coefficient (Wildman–Crippen LogP) is 4.71. The van der Waals surface area contributed by atoms with E-state index in [2.05, 4.69) is 24.1 Å². The second-order valence-corrected chi connectivity index (χ2v) is 6.32. The van der Waals surface area contributed by atoms with Gasteiger partial charge in [0, 0.05) is 37.8 Å². The molecule has 0 unspecified atom stereocenters. The van der Waals surface area contributed by atoms with E-state index in [1.165, 1.54) is 0 Å². The fourth-order valence-electron chi connectivity index (χ4n) is 2.80. The Morgan fingerprint density at radius 1 is 1.18 bits per heavy atom. The molecule has 1 heterocycles. The van der Waals surface area contributed by atoms with Crippen molar-refractivity contribution in [2.75, 3.05) is 26.2 Å². The molecule has 1 aromatic carbocycles. The molecule has 1 saturated heterocycles. The molecule has 6 heteroatoms. The lowest BCUT2D eigenvalue weighted by atomic mass is 9.95. The largest absolute Gasteiger partial charge is 0.314 e. The van der Waals surface area contributed by atoms with Gasteiger partial charge in [-0.15, -0.1) is 24.8 Å². The van der Waals surface area contributed by atoms with E-state index in [1.807, 2.05) is 12.1 Å². The summed E-state index contributed by atoms with van der Waals surface area (Å²) < 4.78 is 14.4. The Hall–Kier alpha value is -0.0600. The summed E-state index contributed by atoms with van der Waals surface area (Å²) in [5.74, 6) is 0.379. The van der Waals surface area contributed by atoms with Crippen LogP contribution in [-0.2, 0) is 0 Å². The Labute approximate surface area is 150 Å². The normalized spacial score (nSPS) is 16.8. The zero-order valence-corrected chi connectivity index (χ0v) is 15.5. The number of nitrogens with one attached hydrogen (secondary N) is 1. The summed E-state index contributed by atoms with van der Waals surface area (Å²) in [4.78, 5) is 2.38. The van der Waals surface area contributed by atoms with Gasteiger partial charge in [0.1, 0.15) is 5.82 Å². The Kier molecular flexibility index (Phi) is 10.6. The topological polar surface area (TPSA) is 15.3 Å². The van der Waals surface area contributed by atoms with Crippen molar-refractivity contribution >= 4 is 36.4 Å². The first kappa shape index (κ1) is 21.9. The number of hydrogen-bond donors (Lipinski definition) is 1. The molecule has 2 nitrogen and oxygen atoms in total. The van der Waals surface area contributed by atoms with E-state index in [9.17, 15) is 4.39 Å². The van der Waals surface area contributed by atoms with Gasteiger partial charge in [-0.25, -0.2) is 4.39 Å². The van der Waals surface area contributed by atoms with Crippen LogP contribution in [0.1, 0.15) is 38.3 Å². The van der Waals surface area contributed by atoms with E-state index in [-0.39, 0.29) is 41.7 Å². The Morgan fingerprint density at radius 2 is 1.82 bits per heavy atom. The van der Waals surface area contributed by atoms with Crippen molar-refractivity contribution in [1.29, 1.82) is 0 Å². The third-order valence-corrected chi connectivity index (χ3v) is 4.24. The second kappa shape index (κ2) is 10.7. The first-order valence-electron chi connectivity index (χ1n) is 7.48. The van der Waals surface area contributed by atoms with E-state index in [0.717, 1.165) is 44.6 Å². The maximum absolute atomic E-state index is 14.4. The number of benzene rings is 1. The fourth-order valence-corrected chi connectivity index (χ4v) is 2.98. The monoisotopic (exact) mass is 370 g/mol. The van der Waals surface area contributed by atoms with E-state index in [4.69, 9.17) is 11.6 Å². The molecule has 128 valence electrons. The molecule has 1 atom stereocenters. The summed E-state index contributed by atoms with van der Waals surface area (Å²) in [5, 5.41) is 3.58. The van der Waals surface area contributed by atoms with Crippen LogP contribution in [0.25, 0.3) is 0 Å². The van der Waals surface area contributed by atoms with Crippen LogP contribution >= 0.6 is 36.4 Å². The van der Waals surface area contributed by atoms with Crippen molar-refractivity contribution in [3.05, 3.63) is 34.6 Å². The number of piperazine rings is 1. The third kappa shape index (κ3) is 5.86. The van der Waals surface area contributed by atoms with Crippen molar-refractivity contribution in [2.45, 2.75) is 32.7 Å². The molecule has 22 heavy (non-hydrogen) atoms. The van der Waals surface area contributed by atoms with Gasteiger partial charge in [0.05, 0.1) is 5.02 Å². The molecule has 2 rings (SSSR count). The van der Waals surface area contributed by atoms with Crippen LogP contribution in [0.2, 0.25) is 5.02 Å². The minimum absolute atomic E-state index is 0. The molecule has 0 spiro atoms. The van der Waals surface area contributed by atoms with E-state index in [1.54, 1.807) is 6.07 Å². The number of nitrogens with zero attached hydrogens (tertiary/aromatic N) is 1. The smallest absolute Gasteiger partial charge is 0.146 e. The van der Waals surface area contributed by atoms with Crippen LogP contribution < -0.4 is 5.32 Å². The first-order valence-corrected chi connectivity index (χ1v) is 7.86. The minimum atomic E-state index is -0.249. The second-order valence-electron chi connectivity index (χ2n) is 5.92. The quantitative estimate of drug-likeness (QED) is 0.806. The summed E-state index contributed by atoms with van der Waals surface area (Å²) in [7, 11) is 0. The molecule has 0 aliphatic carbocycles. The van der Waals surface area contributed by atoms with E-state index in [0.29, 0.717) is 5.92 Å².